The first kappa shape index (κ1) is 16.9. The van der Waals surface area contributed by atoms with Crippen LogP contribution in [0.15, 0.2) is 52.4 Å². The Morgan fingerprint density at radius 1 is 1.16 bits per heavy atom. The molecule has 1 amide bonds. The highest BCUT2D eigenvalue weighted by Gasteiger charge is 2.24. The van der Waals surface area contributed by atoms with Gasteiger partial charge in [0.15, 0.2) is 5.17 Å². The van der Waals surface area contributed by atoms with Gasteiger partial charge in [-0.25, -0.2) is 4.99 Å². The molecule has 2 aromatic rings. The molecule has 1 fully saturated rings. The van der Waals surface area contributed by atoms with Crippen LogP contribution in [0.4, 0.5) is 11.4 Å². The smallest absolute Gasteiger partial charge is 0.269 e. The molecule has 0 bridgehead atoms. The second kappa shape index (κ2) is 6.90. The van der Waals surface area contributed by atoms with Crippen molar-refractivity contribution in [2.75, 3.05) is 0 Å². The number of nitrogens with zero attached hydrogens (tertiary/aromatic N) is 2. The zero-order valence-corrected chi connectivity index (χ0v) is 14.5. The van der Waals surface area contributed by atoms with Crippen LogP contribution < -0.4 is 5.32 Å². The number of non-ortho nitro benzene ring substituents is 1. The van der Waals surface area contributed by atoms with Crippen molar-refractivity contribution in [1.82, 2.24) is 5.32 Å². The van der Waals surface area contributed by atoms with Crippen molar-refractivity contribution < 1.29 is 9.72 Å². The average Bonchev–Trinajstić information content (AvgIpc) is 2.91. The standard InChI is InChI=1S/C18H15N3O3S/c1-11-3-5-13(6-4-11)10-16-17(22)20-18(25-16)19-15-8-7-14(21(23)24)9-12(15)2/h3-10H,1-2H3,(H,19,20,22)/b16-10-. The summed E-state index contributed by atoms with van der Waals surface area (Å²) in [6.07, 6.45) is 1.81. The average molecular weight is 353 g/mol. The minimum atomic E-state index is -0.446. The van der Waals surface area contributed by atoms with Gasteiger partial charge in [-0.15, -0.1) is 0 Å². The number of nitro benzene ring substituents is 1. The van der Waals surface area contributed by atoms with Crippen LogP contribution in [0, 0.1) is 24.0 Å². The summed E-state index contributed by atoms with van der Waals surface area (Å²) in [6, 6.07) is 12.3. The normalized spacial score (nSPS) is 17.1. The SMILES string of the molecule is Cc1ccc(/C=C2\SC(=Nc3ccc([N+](=O)[O-])cc3C)NC2=O)cc1. The summed E-state index contributed by atoms with van der Waals surface area (Å²) in [4.78, 5) is 27.4. The molecule has 3 rings (SSSR count). The lowest BCUT2D eigenvalue weighted by atomic mass is 10.1. The van der Waals surface area contributed by atoms with Crippen LogP contribution in [0.1, 0.15) is 16.7 Å². The highest BCUT2D eigenvalue weighted by molar-refractivity contribution is 8.18. The van der Waals surface area contributed by atoms with E-state index in [4.69, 9.17) is 0 Å². The van der Waals surface area contributed by atoms with E-state index in [1.807, 2.05) is 37.3 Å². The van der Waals surface area contributed by atoms with Gasteiger partial charge in [-0.2, -0.15) is 0 Å². The third-order valence-corrected chi connectivity index (χ3v) is 4.55. The number of nitrogens with one attached hydrogen (secondary N) is 1. The zero-order chi connectivity index (χ0) is 18.0. The number of amides is 1. The molecule has 2 aromatic carbocycles. The highest BCUT2D eigenvalue weighted by Crippen LogP contribution is 2.30. The van der Waals surface area contributed by atoms with Crippen molar-refractivity contribution in [3.05, 3.63) is 74.2 Å². The molecule has 0 atom stereocenters. The van der Waals surface area contributed by atoms with Crippen LogP contribution in [0.25, 0.3) is 6.08 Å². The molecule has 0 spiro atoms. The van der Waals surface area contributed by atoms with E-state index in [0.29, 0.717) is 21.3 Å². The fraction of sp³-hybridized carbons (Fsp3) is 0.111. The quantitative estimate of drug-likeness (QED) is 0.511. The summed E-state index contributed by atoms with van der Waals surface area (Å²) in [7, 11) is 0. The summed E-state index contributed by atoms with van der Waals surface area (Å²) in [5.41, 5.74) is 3.37. The minimum Gasteiger partial charge on any atom is -0.300 e. The van der Waals surface area contributed by atoms with Gasteiger partial charge >= 0.3 is 0 Å². The van der Waals surface area contributed by atoms with E-state index in [0.717, 1.165) is 11.1 Å². The Balaban J connectivity index is 1.83. The molecule has 25 heavy (non-hydrogen) atoms. The summed E-state index contributed by atoms with van der Waals surface area (Å²) in [6.45, 7) is 3.75. The molecule has 0 aromatic heterocycles. The number of hydrogen-bond acceptors (Lipinski definition) is 5. The lowest BCUT2D eigenvalue weighted by molar-refractivity contribution is -0.384. The number of carbonyl (C=O) groups is 1. The molecule has 1 aliphatic rings. The molecular formula is C18H15N3O3S. The molecule has 1 saturated heterocycles. The maximum absolute atomic E-state index is 12.1. The first-order chi connectivity index (χ1) is 11.9. The Labute approximate surface area is 148 Å². The number of aliphatic imine (C=N–C) groups is 1. The van der Waals surface area contributed by atoms with E-state index in [1.54, 1.807) is 13.0 Å². The molecule has 126 valence electrons. The number of carbonyl (C=O) groups excluding carboxylic acids is 1. The fourth-order valence-corrected chi connectivity index (χ4v) is 3.12. The van der Waals surface area contributed by atoms with Gasteiger partial charge in [-0.1, -0.05) is 29.8 Å². The maximum atomic E-state index is 12.1. The van der Waals surface area contributed by atoms with E-state index in [2.05, 4.69) is 10.3 Å². The molecule has 0 unspecified atom stereocenters. The van der Waals surface area contributed by atoms with Crippen LogP contribution in [-0.4, -0.2) is 16.0 Å². The predicted molar refractivity (Wildman–Crippen MR) is 99.8 cm³/mol. The van der Waals surface area contributed by atoms with Crippen molar-refractivity contribution in [2.24, 2.45) is 4.99 Å². The minimum absolute atomic E-state index is 0.0181. The third-order valence-electron chi connectivity index (χ3n) is 3.64. The molecule has 0 radical (unpaired) electrons. The van der Waals surface area contributed by atoms with Gasteiger partial charge in [-0.3, -0.25) is 14.9 Å². The molecule has 0 saturated carbocycles. The van der Waals surface area contributed by atoms with Gasteiger partial charge in [0.2, 0.25) is 0 Å². The predicted octanol–water partition coefficient (Wildman–Crippen LogP) is 4.10. The van der Waals surface area contributed by atoms with Gasteiger partial charge in [0.05, 0.1) is 15.5 Å². The van der Waals surface area contributed by atoms with Crippen LogP contribution in [0.5, 0.6) is 0 Å². The van der Waals surface area contributed by atoms with E-state index in [9.17, 15) is 14.9 Å². The van der Waals surface area contributed by atoms with Crippen LogP contribution in [-0.2, 0) is 4.79 Å². The van der Waals surface area contributed by atoms with Gasteiger partial charge in [0, 0.05) is 12.1 Å². The molecule has 0 aliphatic carbocycles. The Hall–Kier alpha value is -2.93. The summed E-state index contributed by atoms with van der Waals surface area (Å²) < 4.78 is 0. The van der Waals surface area contributed by atoms with Gasteiger partial charge in [0.25, 0.3) is 11.6 Å². The second-order valence-corrected chi connectivity index (χ2v) is 6.65. The first-order valence-electron chi connectivity index (χ1n) is 7.54. The lowest BCUT2D eigenvalue weighted by Gasteiger charge is -2.01. The fourth-order valence-electron chi connectivity index (χ4n) is 2.28. The van der Waals surface area contributed by atoms with E-state index in [1.165, 1.54) is 23.9 Å². The molecule has 1 N–H and O–H groups in total. The number of thioether (sulfide) groups is 1. The zero-order valence-electron chi connectivity index (χ0n) is 13.6. The Morgan fingerprint density at radius 3 is 2.52 bits per heavy atom. The van der Waals surface area contributed by atoms with Gasteiger partial charge in [-0.05, 0) is 48.9 Å². The van der Waals surface area contributed by atoms with Crippen LogP contribution in [0.2, 0.25) is 0 Å². The number of aryl methyl sites for hydroxylation is 2. The second-order valence-electron chi connectivity index (χ2n) is 5.62. The summed E-state index contributed by atoms with van der Waals surface area (Å²) >= 11 is 1.25. The number of rotatable bonds is 3. The van der Waals surface area contributed by atoms with Crippen LogP contribution >= 0.6 is 11.8 Å². The number of nitro groups is 1. The summed E-state index contributed by atoms with van der Waals surface area (Å²) in [5, 5.41) is 14.0. The maximum Gasteiger partial charge on any atom is 0.269 e. The molecule has 6 nitrogen and oxygen atoms in total. The van der Waals surface area contributed by atoms with E-state index in [-0.39, 0.29) is 11.6 Å². The van der Waals surface area contributed by atoms with Crippen molar-refractivity contribution >= 4 is 40.3 Å². The Bertz CT molecular complexity index is 918. The largest absolute Gasteiger partial charge is 0.300 e. The number of hydrogen-bond donors (Lipinski definition) is 1. The molecule has 7 heteroatoms. The van der Waals surface area contributed by atoms with Crippen molar-refractivity contribution in [1.29, 1.82) is 0 Å². The monoisotopic (exact) mass is 353 g/mol. The molecule has 1 aliphatic heterocycles. The Morgan fingerprint density at radius 2 is 1.88 bits per heavy atom. The van der Waals surface area contributed by atoms with Crippen LogP contribution in [0.3, 0.4) is 0 Å². The Kier molecular flexibility index (Phi) is 4.67. The number of amidine groups is 1. The van der Waals surface area contributed by atoms with Gasteiger partial charge in [0.1, 0.15) is 0 Å². The topological polar surface area (TPSA) is 84.6 Å². The van der Waals surface area contributed by atoms with Crippen molar-refractivity contribution in [3.8, 4) is 0 Å². The van der Waals surface area contributed by atoms with E-state index >= 15 is 0 Å². The van der Waals surface area contributed by atoms with Crippen molar-refractivity contribution in [2.45, 2.75) is 13.8 Å². The van der Waals surface area contributed by atoms with Gasteiger partial charge < -0.3 is 5.32 Å². The lowest BCUT2D eigenvalue weighted by Crippen LogP contribution is -2.19. The molecule has 1 heterocycles. The molecular weight excluding hydrogens is 338 g/mol. The number of benzene rings is 2. The highest BCUT2D eigenvalue weighted by atomic mass is 32.2. The third kappa shape index (κ3) is 3.95. The summed E-state index contributed by atoms with van der Waals surface area (Å²) in [5.74, 6) is -0.205. The first-order valence-corrected chi connectivity index (χ1v) is 8.35. The van der Waals surface area contributed by atoms with Crippen molar-refractivity contribution in [3.63, 3.8) is 0 Å². The van der Waals surface area contributed by atoms with E-state index < -0.39 is 4.92 Å².